The van der Waals surface area contributed by atoms with Gasteiger partial charge in [0.05, 0.1) is 12.0 Å². The zero-order valence-corrected chi connectivity index (χ0v) is 7.60. The zero-order valence-electron chi connectivity index (χ0n) is 6.70. The first-order chi connectivity index (χ1) is 5.29. The number of hydrogen-bond donors (Lipinski definition) is 1. The number of thiol groups is 1. The van der Waals surface area contributed by atoms with Gasteiger partial charge in [0.25, 0.3) is 0 Å². The molecule has 0 radical (unpaired) electrons. The molecular formula is C8H12O2S. The van der Waals surface area contributed by atoms with E-state index in [0.717, 1.165) is 10.7 Å². The summed E-state index contributed by atoms with van der Waals surface area (Å²) < 4.78 is 4.64. The van der Waals surface area contributed by atoms with Crippen molar-refractivity contribution in [1.82, 2.24) is 0 Å². The topological polar surface area (TPSA) is 26.3 Å². The maximum absolute atomic E-state index is 11.1. The second-order valence-corrected chi connectivity index (χ2v) is 4.52. The van der Waals surface area contributed by atoms with Gasteiger partial charge in [-0.1, -0.05) is 13.0 Å². The largest absolute Gasteiger partial charge is 0.465 e. The van der Waals surface area contributed by atoms with Crippen LogP contribution in [0.25, 0.3) is 0 Å². The summed E-state index contributed by atoms with van der Waals surface area (Å²) in [4.78, 5) is 11.9. The van der Waals surface area contributed by atoms with E-state index in [1.807, 2.05) is 12.2 Å². The molecule has 1 unspecified atom stereocenters. The summed E-state index contributed by atoms with van der Waals surface area (Å²) in [6, 6.07) is 0. The Morgan fingerprint density at radius 1 is 1.73 bits per heavy atom. The molecule has 1 aliphatic heterocycles. The minimum absolute atomic E-state index is 0.178. The molecule has 0 saturated carbocycles. The molecule has 0 aromatic rings. The molecule has 0 aromatic carbocycles. The minimum atomic E-state index is -0.346. The molecule has 62 valence electrons. The van der Waals surface area contributed by atoms with Crippen molar-refractivity contribution in [3.63, 3.8) is 0 Å². The predicted octanol–water partition coefficient (Wildman–Crippen LogP) is 1.59. The number of carbonyl (C=O) groups is 1. The molecule has 2 nitrogen and oxygen atoms in total. The van der Waals surface area contributed by atoms with Crippen LogP contribution in [0.15, 0.2) is 22.5 Å². The lowest BCUT2D eigenvalue weighted by Crippen LogP contribution is -2.03. The molecule has 0 saturated heterocycles. The van der Waals surface area contributed by atoms with Gasteiger partial charge in [0, 0.05) is 0 Å². The van der Waals surface area contributed by atoms with E-state index in [1.165, 1.54) is 7.11 Å². The quantitative estimate of drug-likeness (QED) is 0.505. The highest BCUT2D eigenvalue weighted by atomic mass is 32.2. The molecule has 0 bridgehead atoms. The molecule has 0 aliphatic carbocycles. The van der Waals surface area contributed by atoms with E-state index in [-0.39, 0.29) is 16.9 Å². The summed E-state index contributed by atoms with van der Waals surface area (Å²) in [6.07, 6.45) is 3.78. The van der Waals surface area contributed by atoms with Crippen LogP contribution in [0.2, 0.25) is 0 Å². The van der Waals surface area contributed by atoms with Gasteiger partial charge in [-0.2, -0.15) is 0 Å². The lowest BCUT2D eigenvalue weighted by atomic mass is 10.5. The molecule has 3 heteroatoms. The lowest BCUT2D eigenvalue weighted by molar-refractivity contribution is -0.135. The van der Waals surface area contributed by atoms with Crippen LogP contribution in [0.3, 0.4) is 0 Å². The van der Waals surface area contributed by atoms with Crippen molar-refractivity contribution in [3.05, 3.63) is 22.5 Å². The van der Waals surface area contributed by atoms with Gasteiger partial charge in [-0.25, -0.2) is 15.7 Å². The predicted molar refractivity (Wildman–Crippen MR) is 48.8 cm³/mol. The van der Waals surface area contributed by atoms with E-state index in [1.54, 1.807) is 0 Å². The SMILES string of the molecule is CC[SH]1C=CC=C1C(=O)OC. The summed E-state index contributed by atoms with van der Waals surface area (Å²) in [5.74, 6) is 0.843. The fourth-order valence-electron chi connectivity index (χ4n) is 0.980. The molecular weight excluding hydrogens is 160 g/mol. The molecule has 1 aliphatic rings. The van der Waals surface area contributed by atoms with E-state index < -0.39 is 0 Å². The van der Waals surface area contributed by atoms with Gasteiger partial charge in [-0.3, -0.25) is 0 Å². The fourth-order valence-corrected chi connectivity index (χ4v) is 2.59. The molecule has 1 heterocycles. The monoisotopic (exact) mass is 172 g/mol. The fraction of sp³-hybridized carbons (Fsp3) is 0.375. The van der Waals surface area contributed by atoms with Crippen molar-refractivity contribution >= 4 is 16.9 Å². The van der Waals surface area contributed by atoms with Crippen LogP contribution in [-0.4, -0.2) is 18.8 Å². The van der Waals surface area contributed by atoms with Crippen molar-refractivity contribution in [2.24, 2.45) is 0 Å². The lowest BCUT2D eigenvalue weighted by Gasteiger charge is -2.12. The van der Waals surface area contributed by atoms with Gasteiger partial charge in [-0.05, 0) is 17.2 Å². The molecule has 11 heavy (non-hydrogen) atoms. The molecule has 0 aromatic heterocycles. The Morgan fingerprint density at radius 3 is 3.00 bits per heavy atom. The first kappa shape index (κ1) is 8.40. The van der Waals surface area contributed by atoms with Crippen LogP contribution >= 0.6 is 10.9 Å². The third-order valence-electron chi connectivity index (χ3n) is 1.56. The Labute approximate surface area is 69.3 Å². The standard InChI is InChI=1S/C8H12O2S/c1-3-11-6-4-5-7(11)8(9)10-2/h4-6,11H,3H2,1-2H3. The first-order valence-electron chi connectivity index (χ1n) is 3.53. The van der Waals surface area contributed by atoms with Crippen LogP contribution in [0.4, 0.5) is 0 Å². The maximum atomic E-state index is 11.1. The summed E-state index contributed by atoms with van der Waals surface area (Å²) in [7, 11) is 1.08. The summed E-state index contributed by atoms with van der Waals surface area (Å²) in [5, 5.41) is 2.08. The summed E-state index contributed by atoms with van der Waals surface area (Å²) in [6.45, 7) is 2.08. The number of rotatable bonds is 2. The number of carbonyl (C=O) groups excluding carboxylic acids is 1. The molecule has 0 fully saturated rings. The van der Waals surface area contributed by atoms with Crippen LogP contribution in [0.5, 0.6) is 0 Å². The third-order valence-corrected chi connectivity index (χ3v) is 3.73. The Hall–Kier alpha value is -0.700. The van der Waals surface area contributed by atoms with Gasteiger partial charge in [0.15, 0.2) is 0 Å². The van der Waals surface area contributed by atoms with Gasteiger partial charge in [0.1, 0.15) is 0 Å². The Kier molecular flexibility index (Phi) is 2.76. The van der Waals surface area contributed by atoms with Crippen LogP contribution in [0, 0.1) is 0 Å². The molecule has 1 atom stereocenters. The zero-order chi connectivity index (χ0) is 8.27. The Bertz CT molecular complexity index is 218. The summed E-state index contributed by atoms with van der Waals surface area (Å²) >= 11 is 0. The van der Waals surface area contributed by atoms with Gasteiger partial charge in [-0.15, -0.1) is 0 Å². The highest BCUT2D eigenvalue weighted by Gasteiger charge is 2.16. The highest BCUT2D eigenvalue weighted by Crippen LogP contribution is 2.40. The second kappa shape index (κ2) is 3.62. The van der Waals surface area contributed by atoms with Crippen molar-refractivity contribution in [1.29, 1.82) is 0 Å². The van der Waals surface area contributed by atoms with Crippen LogP contribution in [0.1, 0.15) is 6.92 Å². The number of esters is 1. The van der Waals surface area contributed by atoms with Crippen molar-refractivity contribution < 1.29 is 9.53 Å². The Morgan fingerprint density at radius 2 is 2.45 bits per heavy atom. The normalized spacial score (nSPS) is 24.9. The maximum Gasteiger partial charge on any atom is 0.342 e. The number of methoxy groups -OCH3 is 1. The molecule has 0 amide bonds. The number of allylic oxidation sites excluding steroid dienone is 2. The van der Waals surface area contributed by atoms with Crippen molar-refractivity contribution in [2.75, 3.05) is 12.9 Å². The van der Waals surface area contributed by atoms with E-state index in [0.29, 0.717) is 0 Å². The number of ether oxygens (including phenoxy) is 1. The van der Waals surface area contributed by atoms with Gasteiger partial charge >= 0.3 is 5.97 Å². The van der Waals surface area contributed by atoms with Crippen LogP contribution in [-0.2, 0) is 9.53 Å². The second-order valence-electron chi connectivity index (χ2n) is 2.17. The van der Waals surface area contributed by atoms with Crippen molar-refractivity contribution in [2.45, 2.75) is 6.92 Å². The average Bonchev–Trinajstić information content (AvgIpc) is 2.50. The number of hydrogen-bond acceptors (Lipinski definition) is 2. The summed E-state index contributed by atoms with van der Waals surface area (Å²) in [5.41, 5.74) is 0. The minimum Gasteiger partial charge on any atom is -0.465 e. The van der Waals surface area contributed by atoms with E-state index >= 15 is 0 Å². The smallest absolute Gasteiger partial charge is 0.342 e. The third kappa shape index (κ3) is 1.66. The molecule has 1 rings (SSSR count). The highest BCUT2D eigenvalue weighted by molar-refractivity contribution is 8.23. The van der Waals surface area contributed by atoms with E-state index in [9.17, 15) is 4.79 Å². The Balaban J connectivity index is 2.67. The van der Waals surface area contributed by atoms with E-state index in [2.05, 4.69) is 17.1 Å². The first-order valence-corrected chi connectivity index (χ1v) is 5.12. The van der Waals surface area contributed by atoms with E-state index in [4.69, 9.17) is 0 Å². The van der Waals surface area contributed by atoms with Gasteiger partial charge < -0.3 is 4.74 Å². The molecule has 0 N–H and O–H groups in total. The van der Waals surface area contributed by atoms with Crippen molar-refractivity contribution in [3.8, 4) is 0 Å². The van der Waals surface area contributed by atoms with Gasteiger partial charge in [0.2, 0.25) is 0 Å². The molecule has 0 spiro atoms. The average molecular weight is 172 g/mol. The van der Waals surface area contributed by atoms with Crippen LogP contribution < -0.4 is 0 Å².